The molecule has 0 bridgehead atoms. The largest absolute Gasteiger partial charge is 0.369 e. The summed E-state index contributed by atoms with van der Waals surface area (Å²) < 4.78 is 18.0. The molecule has 2 atom stereocenters. The van der Waals surface area contributed by atoms with Crippen molar-refractivity contribution in [3.8, 4) is 0 Å². The fourth-order valence-electron chi connectivity index (χ4n) is 2.10. The number of β-lactam (4-membered cyclic amide) rings is 1. The number of carbonyl (C=O) groups is 1. The number of rotatable bonds is 4. The molecule has 3 nitrogen and oxygen atoms in total. The summed E-state index contributed by atoms with van der Waals surface area (Å²) in [5.41, 5.74) is 0.864. The fourth-order valence-corrected chi connectivity index (χ4v) is 2.28. The van der Waals surface area contributed by atoms with Crippen molar-refractivity contribution in [2.45, 2.75) is 12.1 Å². The van der Waals surface area contributed by atoms with E-state index in [1.54, 1.807) is 17.0 Å². The second-order valence-corrected chi connectivity index (χ2v) is 4.25. The van der Waals surface area contributed by atoms with Crippen LogP contribution in [0.25, 0.3) is 0 Å². The number of alkyl halides is 1. The number of benzene rings is 1. The molecule has 92 valence electrons. The van der Waals surface area contributed by atoms with Crippen molar-refractivity contribution < 1.29 is 13.9 Å². The van der Waals surface area contributed by atoms with Gasteiger partial charge >= 0.3 is 0 Å². The maximum Gasteiger partial charge on any atom is 0.254 e. The van der Waals surface area contributed by atoms with E-state index in [0.29, 0.717) is 12.4 Å². The zero-order chi connectivity index (χ0) is 12.4. The van der Waals surface area contributed by atoms with Crippen LogP contribution in [0.5, 0.6) is 0 Å². The predicted octanol–water partition coefficient (Wildman–Crippen LogP) is 1.96. The van der Waals surface area contributed by atoms with Crippen LogP contribution in [0.2, 0.25) is 0 Å². The normalized spacial score (nSPS) is 23.7. The lowest BCUT2D eigenvalue weighted by atomic mass is 9.91. The Hall–Kier alpha value is -1.13. The molecule has 0 aromatic heterocycles. The van der Waals surface area contributed by atoms with Crippen molar-refractivity contribution in [2.75, 3.05) is 19.5 Å². The highest BCUT2D eigenvalue weighted by Gasteiger charge is 2.47. The van der Waals surface area contributed by atoms with E-state index < -0.39 is 6.10 Å². The van der Waals surface area contributed by atoms with Crippen molar-refractivity contribution >= 4 is 17.5 Å². The van der Waals surface area contributed by atoms with Crippen molar-refractivity contribution in [3.05, 3.63) is 35.6 Å². The molecule has 0 radical (unpaired) electrons. The third kappa shape index (κ3) is 2.15. The van der Waals surface area contributed by atoms with Crippen molar-refractivity contribution in [3.63, 3.8) is 0 Å². The minimum absolute atomic E-state index is 0.0672. The van der Waals surface area contributed by atoms with Crippen LogP contribution >= 0.6 is 11.6 Å². The van der Waals surface area contributed by atoms with Gasteiger partial charge in [0.25, 0.3) is 5.91 Å². The molecule has 5 heteroatoms. The molecular formula is C12H13ClFNO2. The van der Waals surface area contributed by atoms with Gasteiger partial charge in [0.2, 0.25) is 0 Å². The summed E-state index contributed by atoms with van der Waals surface area (Å²) in [6, 6.07) is 5.93. The summed E-state index contributed by atoms with van der Waals surface area (Å²) in [6.07, 6.45) is -0.483. The molecule has 1 amide bonds. The predicted molar refractivity (Wildman–Crippen MR) is 62.4 cm³/mol. The van der Waals surface area contributed by atoms with Gasteiger partial charge in [0.05, 0.1) is 6.04 Å². The molecule has 1 aromatic rings. The van der Waals surface area contributed by atoms with Crippen molar-refractivity contribution in [1.82, 2.24) is 4.90 Å². The zero-order valence-corrected chi connectivity index (χ0v) is 10.2. The summed E-state index contributed by atoms with van der Waals surface area (Å²) in [4.78, 5) is 13.3. The Balaban J connectivity index is 2.22. The van der Waals surface area contributed by atoms with E-state index in [1.165, 1.54) is 19.2 Å². The van der Waals surface area contributed by atoms with E-state index in [4.69, 9.17) is 16.3 Å². The summed E-state index contributed by atoms with van der Waals surface area (Å²) in [5.74, 6) is 0.0135. The molecule has 0 saturated carbocycles. The van der Waals surface area contributed by atoms with Crippen molar-refractivity contribution in [2.24, 2.45) is 0 Å². The van der Waals surface area contributed by atoms with Gasteiger partial charge < -0.3 is 9.64 Å². The molecule has 1 heterocycles. The number of hydrogen-bond donors (Lipinski definition) is 0. The molecule has 1 aromatic carbocycles. The number of amides is 1. The number of carbonyl (C=O) groups excluding carboxylic acids is 1. The molecule has 0 spiro atoms. The third-order valence-corrected chi connectivity index (χ3v) is 3.11. The van der Waals surface area contributed by atoms with E-state index in [2.05, 4.69) is 0 Å². The van der Waals surface area contributed by atoms with Crippen LogP contribution in [0.15, 0.2) is 24.3 Å². The Labute approximate surface area is 104 Å². The van der Waals surface area contributed by atoms with E-state index in [-0.39, 0.29) is 17.8 Å². The number of likely N-dealkylation sites (tertiary alicyclic amines) is 1. The summed E-state index contributed by atoms with van der Waals surface area (Å²) >= 11 is 5.65. The van der Waals surface area contributed by atoms with Crippen LogP contribution < -0.4 is 0 Å². The van der Waals surface area contributed by atoms with Gasteiger partial charge in [-0.3, -0.25) is 4.79 Å². The van der Waals surface area contributed by atoms with E-state index in [0.717, 1.165) is 5.56 Å². The van der Waals surface area contributed by atoms with Crippen LogP contribution in [0.3, 0.4) is 0 Å². The monoisotopic (exact) mass is 257 g/mol. The van der Waals surface area contributed by atoms with E-state index in [9.17, 15) is 9.18 Å². The van der Waals surface area contributed by atoms with Crippen LogP contribution in [0.1, 0.15) is 11.6 Å². The maximum absolute atomic E-state index is 12.8. The average Bonchev–Trinajstić information content (AvgIpc) is 2.34. The topological polar surface area (TPSA) is 29.5 Å². The Morgan fingerprint density at radius 3 is 2.59 bits per heavy atom. The quantitative estimate of drug-likeness (QED) is 0.610. The smallest absolute Gasteiger partial charge is 0.254 e. The number of nitrogens with zero attached hydrogens (tertiary/aromatic N) is 1. The molecule has 0 aliphatic carbocycles. The van der Waals surface area contributed by atoms with Gasteiger partial charge in [0.1, 0.15) is 5.82 Å². The van der Waals surface area contributed by atoms with Gasteiger partial charge in [-0.2, -0.15) is 0 Å². The van der Waals surface area contributed by atoms with Crippen LogP contribution in [-0.4, -0.2) is 36.4 Å². The Bertz CT molecular complexity index is 409. The zero-order valence-electron chi connectivity index (χ0n) is 9.40. The van der Waals surface area contributed by atoms with Gasteiger partial charge in [-0.05, 0) is 17.7 Å². The number of methoxy groups -OCH3 is 1. The Kier molecular flexibility index (Phi) is 3.64. The highest BCUT2D eigenvalue weighted by molar-refractivity contribution is 6.18. The van der Waals surface area contributed by atoms with E-state index in [1.807, 2.05) is 0 Å². The molecule has 0 unspecified atom stereocenters. The first kappa shape index (κ1) is 12.3. The standard InChI is InChI=1S/C12H13ClFNO2/c1-17-11-10(15(7-6-13)12(11)16)8-2-4-9(14)5-3-8/h2-5,10-11H,6-7H2,1H3/t10-,11+/m1/s1. The Morgan fingerprint density at radius 1 is 1.41 bits per heavy atom. The van der Waals surface area contributed by atoms with Crippen LogP contribution in [0, 0.1) is 5.82 Å². The Morgan fingerprint density at radius 2 is 2.06 bits per heavy atom. The summed E-state index contributed by atoms with van der Waals surface area (Å²) in [5, 5.41) is 0. The molecule has 2 rings (SSSR count). The molecule has 1 aliphatic rings. The van der Waals surface area contributed by atoms with Gasteiger partial charge in [0, 0.05) is 19.5 Å². The number of hydrogen-bond acceptors (Lipinski definition) is 2. The van der Waals surface area contributed by atoms with Crippen LogP contribution in [-0.2, 0) is 9.53 Å². The highest BCUT2D eigenvalue weighted by Crippen LogP contribution is 2.36. The fraction of sp³-hybridized carbons (Fsp3) is 0.417. The van der Waals surface area contributed by atoms with Crippen LogP contribution in [0.4, 0.5) is 4.39 Å². The minimum Gasteiger partial charge on any atom is -0.369 e. The second kappa shape index (κ2) is 5.02. The lowest BCUT2D eigenvalue weighted by molar-refractivity contribution is -0.170. The van der Waals surface area contributed by atoms with E-state index >= 15 is 0 Å². The molecule has 0 N–H and O–H groups in total. The number of ether oxygens (including phenoxy) is 1. The third-order valence-electron chi connectivity index (χ3n) is 2.94. The summed E-state index contributed by atoms with van der Waals surface area (Å²) in [6.45, 7) is 0.474. The molecular weight excluding hydrogens is 245 g/mol. The summed E-state index contributed by atoms with van der Waals surface area (Å²) in [7, 11) is 1.50. The molecule has 1 fully saturated rings. The first-order valence-corrected chi connectivity index (χ1v) is 5.87. The van der Waals surface area contributed by atoms with Gasteiger partial charge in [0.15, 0.2) is 6.10 Å². The molecule has 17 heavy (non-hydrogen) atoms. The lowest BCUT2D eigenvalue weighted by Gasteiger charge is -2.46. The SMILES string of the molecule is CO[C@@H]1C(=O)N(CCCl)[C@@H]1c1ccc(F)cc1. The highest BCUT2D eigenvalue weighted by atomic mass is 35.5. The van der Waals surface area contributed by atoms with Gasteiger partial charge in [-0.1, -0.05) is 12.1 Å². The first-order chi connectivity index (χ1) is 8.19. The minimum atomic E-state index is -0.483. The van der Waals surface area contributed by atoms with Gasteiger partial charge in [-0.25, -0.2) is 4.39 Å². The lowest BCUT2D eigenvalue weighted by Crippen LogP contribution is -2.59. The first-order valence-electron chi connectivity index (χ1n) is 5.33. The second-order valence-electron chi connectivity index (χ2n) is 3.87. The number of halogens is 2. The molecule has 1 aliphatic heterocycles. The average molecular weight is 258 g/mol. The maximum atomic E-state index is 12.8. The molecule has 1 saturated heterocycles. The van der Waals surface area contributed by atoms with Crippen molar-refractivity contribution in [1.29, 1.82) is 0 Å². The van der Waals surface area contributed by atoms with Gasteiger partial charge in [-0.15, -0.1) is 11.6 Å².